The first-order chi connectivity index (χ1) is 9.49. The smallest absolute Gasteiger partial charge is 0.305 e. The quantitative estimate of drug-likeness (QED) is 0.893. The molecule has 1 amide bonds. The number of hydrogen-bond acceptors (Lipinski definition) is 3. The Morgan fingerprint density at radius 2 is 2.05 bits per heavy atom. The van der Waals surface area contributed by atoms with Crippen molar-refractivity contribution in [2.45, 2.75) is 6.42 Å². The van der Waals surface area contributed by atoms with E-state index in [2.05, 4.69) is 10.3 Å². The summed E-state index contributed by atoms with van der Waals surface area (Å²) >= 11 is 0. The van der Waals surface area contributed by atoms with E-state index >= 15 is 0 Å². The largest absolute Gasteiger partial charge is 0.481 e. The number of carbonyl (C=O) groups is 2. The molecule has 0 fully saturated rings. The SMILES string of the molecule is O=C(O)CCNC(=O)c1cnc2c(F)c(F)ccc2c1. The molecule has 0 saturated heterocycles. The van der Waals surface area contributed by atoms with Crippen LogP contribution in [0.1, 0.15) is 16.8 Å². The monoisotopic (exact) mass is 280 g/mol. The van der Waals surface area contributed by atoms with Crippen LogP contribution < -0.4 is 5.32 Å². The van der Waals surface area contributed by atoms with E-state index in [0.717, 1.165) is 12.3 Å². The molecule has 0 atom stereocenters. The summed E-state index contributed by atoms with van der Waals surface area (Å²) in [6.45, 7) is -0.0238. The van der Waals surface area contributed by atoms with Crippen molar-refractivity contribution in [3.63, 3.8) is 0 Å². The fourth-order valence-corrected chi connectivity index (χ4v) is 1.65. The van der Waals surface area contributed by atoms with Gasteiger partial charge in [-0.05, 0) is 18.2 Å². The summed E-state index contributed by atoms with van der Waals surface area (Å²) in [6.07, 6.45) is 0.910. The molecule has 1 aromatic carbocycles. The van der Waals surface area contributed by atoms with Crippen molar-refractivity contribution in [3.8, 4) is 0 Å². The van der Waals surface area contributed by atoms with Crippen molar-refractivity contribution in [1.82, 2.24) is 10.3 Å². The summed E-state index contributed by atoms with van der Waals surface area (Å²) in [6, 6.07) is 3.63. The maximum absolute atomic E-state index is 13.4. The van der Waals surface area contributed by atoms with Gasteiger partial charge < -0.3 is 10.4 Å². The number of fused-ring (bicyclic) bond motifs is 1. The second-order valence-corrected chi connectivity index (χ2v) is 4.06. The minimum Gasteiger partial charge on any atom is -0.481 e. The van der Waals surface area contributed by atoms with E-state index in [0.29, 0.717) is 0 Å². The Morgan fingerprint density at radius 3 is 2.75 bits per heavy atom. The van der Waals surface area contributed by atoms with Gasteiger partial charge in [-0.15, -0.1) is 0 Å². The van der Waals surface area contributed by atoms with Crippen molar-refractivity contribution < 1.29 is 23.5 Å². The van der Waals surface area contributed by atoms with Crippen LogP contribution >= 0.6 is 0 Å². The Bertz CT molecular complexity index is 689. The van der Waals surface area contributed by atoms with E-state index in [1.807, 2.05) is 0 Å². The Kier molecular flexibility index (Phi) is 3.88. The standard InChI is InChI=1S/C13H10F2N2O3/c14-9-2-1-7-5-8(6-17-12(7)11(9)15)13(20)16-4-3-10(18)19/h1-2,5-6H,3-4H2,(H,16,20)(H,18,19). The van der Waals surface area contributed by atoms with E-state index in [1.165, 1.54) is 12.1 Å². The van der Waals surface area contributed by atoms with Gasteiger partial charge in [0.25, 0.3) is 5.91 Å². The second-order valence-electron chi connectivity index (χ2n) is 4.06. The lowest BCUT2D eigenvalue weighted by atomic mass is 10.1. The molecular formula is C13H10F2N2O3. The van der Waals surface area contributed by atoms with Crippen LogP contribution in [0.2, 0.25) is 0 Å². The van der Waals surface area contributed by atoms with Crippen LogP contribution in [0.25, 0.3) is 10.9 Å². The number of nitrogens with one attached hydrogen (secondary N) is 1. The Balaban J connectivity index is 2.21. The summed E-state index contributed by atoms with van der Waals surface area (Å²) in [4.78, 5) is 25.7. The third-order valence-electron chi connectivity index (χ3n) is 2.63. The van der Waals surface area contributed by atoms with E-state index < -0.39 is 23.5 Å². The Morgan fingerprint density at radius 1 is 1.30 bits per heavy atom. The highest BCUT2D eigenvalue weighted by atomic mass is 19.2. The number of aromatic nitrogens is 1. The zero-order valence-electron chi connectivity index (χ0n) is 10.2. The topological polar surface area (TPSA) is 79.3 Å². The number of amides is 1. The van der Waals surface area contributed by atoms with Crippen LogP contribution in [0.4, 0.5) is 8.78 Å². The Hall–Kier alpha value is -2.57. The van der Waals surface area contributed by atoms with Gasteiger partial charge in [0.2, 0.25) is 0 Å². The summed E-state index contributed by atoms with van der Waals surface area (Å²) < 4.78 is 26.4. The molecule has 1 aromatic heterocycles. The molecule has 104 valence electrons. The van der Waals surface area contributed by atoms with Crippen LogP contribution in [-0.2, 0) is 4.79 Å². The molecular weight excluding hydrogens is 270 g/mol. The maximum Gasteiger partial charge on any atom is 0.305 e. The minimum atomic E-state index is -1.07. The molecule has 0 radical (unpaired) electrons. The van der Waals surface area contributed by atoms with E-state index in [4.69, 9.17) is 5.11 Å². The van der Waals surface area contributed by atoms with Gasteiger partial charge in [0.1, 0.15) is 5.52 Å². The number of hydrogen-bond donors (Lipinski definition) is 2. The number of aliphatic carboxylic acids is 1. The molecule has 20 heavy (non-hydrogen) atoms. The van der Waals surface area contributed by atoms with Gasteiger partial charge in [-0.2, -0.15) is 0 Å². The molecule has 2 rings (SSSR count). The van der Waals surface area contributed by atoms with Gasteiger partial charge in [0.15, 0.2) is 11.6 Å². The van der Waals surface area contributed by atoms with Gasteiger partial charge in [-0.1, -0.05) is 0 Å². The number of carboxylic acids is 1. The van der Waals surface area contributed by atoms with Crippen molar-refractivity contribution in [3.05, 3.63) is 41.6 Å². The van der Waals surface area contributed by atoms with E-state index in [1.54, 1.807) is 0 Å². The van der Waals surface area contributed by atoms with Crippen molar-refractivity contribution in [1.29, 1.82) is 0 Å². The van der Waals surface area contributed by atoms with Gasteiger partial charge in [0, 0.05) is 18.1 Å². The van der Waals surface area contributed by atoms with Gasteiger partial charge in [0.05, 0.1) is 12.0 Å². The third kappa shape index (κ3) is 2.87. The van der Waals surface area contributed by atoms with Gasteiger partial charge >= 0.3 is 5.97 Å². The lowest BCUT2D eigenvalue weighted by molar-refractivity contribution is -0.136. The highest BCUT2D eigenvalue weighted by Crippen LogP contribution is 2.19. The normalized spacial score (nSPS) is 10.5. The molecule has 0 bridgehead atoms. The molecule has 7 heteroatoms. The number of rotatable bonds is 4. The zero-order chi connectivity index (χ0) is 14.7. The molecule has 5 nitrogen and oxygen atoms in total. The molecule has 0 unspecified atom stereocenters. The van der Waals surface area contributed by atoms with Gasteiger partial charge in [-0.25, -0.2) is 8.78 Å². The van der Waals surface area contributed by atoms with Crippen molar-refractivity contribution >= 4 is 22.8 Å². The number of halogens is 2. The van der Waals surface area contributed by atoms with Crippen LogP contribution in [0.15, 0.2) is 24.4 Å². The molecule has 2 aromatic rings. The lowest BCUT2D eigenvalue weighted by Crippen LogP contribution is -2.26. The van der Waals surface area contributed by atoms with Crippen LogP contribution in [0.3, 0.4) is 0 Å². The summed E-state index contributed by atoms with van der Waals surface area (Å²) in [5, 5.41) is 11.1. The van der Waals surface area contributed by atoms with Crippen LogP contribution in [0.5, 0.6) is 0 Å². The van der Waals surface area contributed by atoms with E-state index in [9.17, 15) is 18.4 Å². The van der Waals surface area contributed by atoms with Crippen molar-refractivity contribution in [2.75, 3.05) is 6.54 Å². The first-order valence-corrected chi connectivity index (χ1v) is 5.73. The Labute approximate surface area is 112 Å². The number of benzene rings is 1. The molecule has 0 saturated carbocycles. The van der Waals surface area contributed by atoms with Crippen LogP contribution in [0, 0.1) is 11.6 Å². The summed E-state index contributed by atoms with van der Waals surface area (Å²) in [5.41, 5.74) is -0.0130. The predicted molar refractivity (Wildman–Crippen MR) is 66.2 cm³/mol. The first kappa shape index (κ1) is 13.9. The fraction of sp³-hybridized carbons (Fsp3) is 0.154. The van der Waals surface area contributed by atoms with Gasteiger partial charge in [-0.3, -0.25) is 14.6 Å². The molecule has 0 aliphatic rings. The van der Waals surface area contributed by atoms with Crippen LogP contribution in [-0.4, -0.2) is 28.5 Å². The lowest BCUT2D eigenvalue weighted by Gasteiger charge is -2.05. The molecule has 0 aliphatic heterocycles. The number of nitrogens with zero attached hydrogens (tertiary/aromatic N) is 1. The third-order valence-corrected chi connectivity index (χ3v) is 2.63. The summed E-state index contributed by atoms with van der Waals surface area (Å²) in [5.74, 6) is -3.63. The molecule has 1 heterocycles. The number of carbonyl (C=O) groups excluding carboxylic acids is 1. The van der Waals surface area contributed by atoms with Crippen molar-refractivity contribution in [2.24, 2.45) is 0 Å². The number of carboxylic acid groups (broad SMARTS) is 1. The summed E-state index contributed by atoms with van der Waals surface area (Å²) in [7, 11) is 0. The molecule has 0 aliphatic carbocycles. The zero-order valence-corrected chi connectivity index (χ0v) is 10.2. The molecule has 0 spiro atoms. The van der Waals surface area contributed by atoms with E-state index in [-0.39, 0.29) is 29.4 Å². The average Bonchev–Trinajstić information content (AvgIpc) is 2.42. The predicted octanol–water partition coefficient (Wildman–Crippen LogP) is 1.72. The highest BCUT2D eigenvalue weighted by Gasteiger charge is 2.12. The second kappa shape index (κ2) is 5.60. The average molecular weight is 280 g/mol. The molecule has 2 N–H and O–H groups in total. The highest BCUT2D eigenvalue weighted by molar-refractivity contribution is 5.97. The maximum atomic E-state index is 13.4. The first-order valence-electron chi connectivity index (χ1n) is 5.73. The number of pyridine rings is 1. The fourth-order valence-electron chi connectivity index (χ4n) is 1.65. The minimum absolute atomic E-state index is 0.0238.